The number of hydrogen-bond donors (Lipinski definition) is 2. The lowest BCUT2D eigenvalue weighted by molar-refractivity contribution is -0.119. The lowest BCUT2D eigenvalue weighted by Crippen LogP contribution is -2.23. The van der Waals surface area contributed by atoms with E-state index < -0.39 is 0 Å². The molecular weight excluding hydrogens is 359 g/mol. The van der Waals surface area contributed by atoms with Gasteiger partial charge in [0.25, 0.3) is 5.91 Å². The zero-order chi connectivity index (χ0) is 17.8. The Hall–Kier alpha value is -2.04. The van der Waals surface area contributed by atoms with Gasteiger partial charge >= 0.3 is 0 Å². The molecule has 0 unspecified atom stereocenters. The van der Waals surface area contributed by atoms with Gasteiger partial charge < -0.3 is 10.6 Å². The molecule has 1 fully saturated rings. The van der Waals surface area contributed by atoms with E-state index in [4.69, 9.17) is 23.2 Å². The number of rotatable bonds is 4. The van der Waals surface area contributed by atoms with Crippen LogP contribution in [0.2, 0.25) is 10.0 Å². The molecule has 0 atom stereocenters. The fourth-order valence-corrected chi connectivity index (χ4v) is 3.50. The Morgan fingerprint density at radius 2 is 1.52 bits per heavy atom. The molecule has 0 radical (unpaired) electrons. The highest BCUT2D eigenvalue weighted by Gasteiger charge is 2.24. The number of benzene rings is 2. The van der Waals surface area contributed by atoms with Gasteiger partial charge in [-0.25, -0.2) is 0 Å². The highest BCUT2D eigenvalue weighted by Crippen LogP contribution is 2.31. The Balaban J connectivity index is 1.80. The van der Waals surface area contributed by atoms with Gasteiger partial charge in [-0.3, -0.25) is 9.59 Å². The van der Waals surface area contributed by atoms with E-state index in [1.54, 1.807) is 42.5 Å². The Labute approximate surface area is 156 Å². The zero-order valence-corrected chi connectivity index (χ0v) is 15.0. The molecule has 6 heteroatoms. The van der Waals surface area contributed by atoms with Crippen molar-refractivity contribution in [1.29, 1.82) is 0 Å². The fourth-order valence-electron chi connectivity index (χ4n) is 3.01. The molecule has 2 aromatic carbocycles. The Bertz CT molecular complexity index is 782. The molecule has 4 nitrogen and oxygen atoms in total. The lowest BCUT2D eigenvalue weighted by atomic mass is 10.1. The molecule has 0 spiro atoms. The summed E-state index contributed by atoms with van der Waals surface area (Å²) in [4.78, 5) is 25.0. The topological polar surface area (TPSA) is 58.2 Å². The van der Waals surface area contributed by atoms with Crippen molar-refractivity contribution in [1.82, 2.24) is 0 Å². The van der Waals surface area contributed by atoms with Crippen molar-refractivity contribution in [2.24, 2.45) is 5.92 Å². The van der Waals surface area contributed by atoms with Gasteiger partial charge in [-0.15, -0.1) is 0 Å². The SMILES string of the molecule is O=C(Nc1c(Cl)cccc1Cl)c1ccccc1NC(=O)C1CCCC1. The van der Waals surface area contributed by atoms with Crippen molar-refractivity contribution in [3.63, 3.8) is 0 Å². The van der Waals surface area contributed by atoms with E-state index in [0.29, 0.717) is 27.0 Å². The largest absolute Gasteiger partial charge is 0.325 e. The number of anilines is 2. The summed E-state index contributed by atoms with van der Waals surface area (Å²) in [5, 5.41) is 6.32. The van der Waals surface area contributed by atoms with Crippen LogP contribution in [-0.4, -0.2) is 11.8 Å². The molecular formula is C19H18Cl2N2O2. The molecule has 25 heavy (non-hydrogen) atoms. The quantitative estimate of drug-likeness (QED) is 0.752. The third-order valence-electron chi connectivity index (χ3n) is 4.36. The normalized spacial score (nSPS) is 14.3. The van der Waals surface area contributed by atoms with Crippen LogP contribution < -0.4 is 10.6 Å². The molecule has 0 bridgehead atoms. The van der Waals surface area contributed by atoms with E-state index in [0.717, 1.165) is 25.7 Å². The molecule has 2 amide bonds. The summed E-state index contributed by atoms with van der Waals surface area (Å²) in [5.74, 6) is -0.389. The van der Waals surface area contributed by atoms with Crippen LogP contribution >= 0.6 is 23.2 Å². The molecule has 1 aliphatic rings. The third kappa shape index (κ3) is 4.14. The monoisotopic (exact) mass is 376 g/mol. The van der Waals surface area contributed by atoms with Crippen LogP contribution in [-0.2, 0) is 4.79 Å². The first kappa shape index (κ1) is 17.8. The van der Waals surface area contributed by atoms with E-state index in [9.17, 15) is 9.59 Å². The van der Waals surface area contributed by atoms with E-state index >= 15 is 0 Å². The minimum Gasteiger partial charge on any atom is -0.325 e. The number of carbonyl (C=O) groups is 2. The second-order valence-corrected chi connectivity index (χ2v) is 6.88. The average molecular weight is 377 g/mol. The minimum absolute atomic E-state index is 0.0223. The Morgan fingerprint density at radius 3 is 2.20 bits per heavy atom. The number of para-hydroxylation sites is 2. The summed E-state index contributed by atoms with van der Waals surface area (Å²) in [6.45, 7) is 0. The highest BCUT2D eigenvalue weighted by molar-refractivity contribution is 6.40. The van der Waals surface area contributed by atoms with Crippen LogP contribution in [0, 0.1) is 5.92 Å². The summed E-state index contributed by atoms with van der Waals surface area (Å²) in [7, 11) is 0. The molecule has 0 heterocycles. The average Bonchev–Trinajstić information content (AvgIpc) is 3.13. The van der Waals surface area contributed by atoms with Gasteiger partial charge in [0.1, 0.15) is 0 Å². The van der Waals surface area contributed by atoms with Gasteiger partial charge in [0.15, 0.2) is 0 Å². The molecule has 3 rings (SSSR count). The molecule has 0 aliphatic heterocycles. The third-order valence-corrected chi connectivity index (χ3v) is 4.99. The van der Waals surface area contributed by atoms with Crippen LogP contribution in [0.25, 0.3) is 0 Å². The fraction of sp³-hybridized carbons (Fsp3) is 0.263. The van der Waals surface area contributed by atoms with Crippen molar-refractivity contribution >= 4 is 46.4 Å². The first-order valence-electron chi connectivity index (χ1n) is 8.21. The smallest absolute Gasteiger partial charge is 0.257 e. The van der Waals surface area contributed by atoms with Crippen LogP contribution in [0.4, 0.5) is 11.4 Å². The Morgan fingerprint density at radius 1 is 0.880 bits per heavy atom. The maximum absolute atomic E-state index is 12.7. The summed E-state index contributed by atoms with van der Waals surface area (Å²) in [6, 6.07) is 11.9. The number of carbonyl (C=O) groups excluding carboxylic acids is 2. The number of halogens is 2. The standard InChI is InChI=1S/C19H18Cl2N2O2/c20-14-9-5-10-15(21)17(14)23-19(25)13-8-3-4-11-16(13)22-18(24)12-6-1-2-7-12/h3-5,8-12H,1-2,6-7H2,(H,22,24)(H,23,25). The minimum atomic E-state index is -0.377. The van der Waals surface area contributed by atoms with E-state index in [1.807, 2.05) is 0 Å². The van der Waals surface area contributed by atoms with Crippen LogP contribution in [0.5, 0.6) is 0 Å². The Kier molecular flexibility index (Phi) is 5.61. The predicted octanol–water partition coefficient (Wildman–Crippen LogP) is 5.37. The van der Waals surface area contributed by atoms with Crippen molar-refractivity contribution in [3.05, 3.63) is 58.1 Å². The molecule has 1 aliphatic carbocycles. The lowest BCUT2D eigenvalue weighted by Gasteiger charge is -2.15. The molecule has 1 saturated carbocycles. The number of amides is 2. The molecule has 0 saturated heterocycles. The second kappa shape index (κ2) is 7.89. The number of nitrogens with one attached hydrogen (secondary N) is 2. The first-order valence-corrected chi connectivity index (χ1v) is 8.97. The van der Waals surface area contributed by atoms with Crippen molar-refractivity contribution in [3.8, 4) is 0 Å². The van der Waals surface area contributed by atoms with Crippen molar-refractivity contribution in [2.45, 2.75) is 25.7 Å². The van der Waals surface area contributed by atoms with Gasteiger partial charge in [-0.05, 0) is 37.1 Å². The van der Waals surface area contributed by atoms with E-state index in [1.165, 1.54) is 0 Å². The molecule has 2 aromatic rings. The van der Waals surface area contributed by atoms with E-state index in [2.05, 4.69) is 10.6 Å². The maximum Gasteiger partial charge on any atom is 0.257 e. The van der Waals surface area contributed by atoms with Crippen molar-refractivity contribution in [2.75, 3.05) is 10.6 Å². The van der Waals surface area contributed by atoms with Crippen LogP contribution in [0.15, 0.2) is 42.5 Å². The van der Waals surface area contributed by atoms with Gasteiger partial charge in [0, 0.05) is 5.92 Å². The molecule has 130 valence electrons. The van der Waals surface area contributed by atoms with Gasteiger partial charge in [-0.1, -0.05) is 54.2 Å². The molecule has 0 aromatic heterocycles. The first-order chi connectivity index (χ1) is 12.1. The summed E-state index contributed by atoms with van der Waals surface area (Å²) in [6.07, 6.45) is 3.95. The summed E-state index contributed by atoms with van der Waals surface area (Å²) in [5.41, 5.74) is 1.21. The van der Waals surface area contributed by atoms with E-state index in [-0.39, 0.29) is 17.7 Å². The van der Waals surface area contributed by atoms with Crippen LogP contribution in [0.1, 0.15) is 36.0 Å². The maximum atomic E-state index is 12.7. The predicted molar refractivity (Wildman–Crippen MR) is 101 cm³/mol. The van der Waals surface area contributed by atoms with Gasteiger partial charge in [0.2, 0.25) is 5.91 Å². The van der Waals surface area contributed by atoms with Crippen molar-refractivity contribution < 1.29 is 9.59 Å². The summed E-state index contributed by atoms with van der Waals surface area (Å²) < 4.78 is 0. The van der Waals surface area contributed by atoms with Gasteiger partial charge in [0.05, 0.1) is 27.0 Å². The van der Waals surface area contributed by atoms with Gasteiger partial charge in [-0.2, -0.15) is 0 Å². The highest BCUT2D eigenvalue weighted by atomic mass is 35.5. The molecule has 2 N–H and O–H groups in total. The summed E-state index contributed by atoms with van der Waals surface area (Å²) >= 11 is 12.2. The number of hydrogen-bond acceptors (Lipinski definition) is 2. The van der Waals surface area contributed by atoms with Crippen LogP contribution in [0.3, 0.4) is 0 Å². The second-order valence-electron chi connectivity index (χ2n) is 6.07. The zero-order valence-electron chi connectivity index (χ0n) is 13.5.